The van der Waals surface area contributed by atoms with Crippen molar-refractivity contribution in [2.75, 3.05) is 7.05 Å². The number of rotatable bonds is 5. The standard InChI is InChI=1S/C16H16N4O3S/c1-11(16-17-13-5-3-4-6-14(13)24-16)18(2)10-19-9-12(20(22)23)7-8-15(19)21/h3-9,11H,10H2,1-2H3/t11-/m1/s1. The van der Waals surface area contributed by atoms with Crippen LogP contribution in [0, 0.1) is 10.1 Å². The van der Waals surface area contributed by atoms with Crippen molar-refractivity contribution in [3.63, 3.8) is 0 Å². The molecule has 0 aliphatic rings. The molecule has 2 heterocycles. The Balaban J connectivity index is 1.83. The summed E-state index contributed by atoms with van der Waals surface area (Å²) in [5.41, 5.74) is 0.574. The number of aromatic nitrogens is 2. The van der Waals surface area contributed by atoms with Gasteiger partial charge in [-0.05, 0) is 26.1 Å². The first kappa shape index (κ1) is 16.3. The van der Waals surface area contributed by atoms with Gasteiger partial charge in [-0.1, -0.05) is 12.1 Å². The first-order valence-corrected chi connectivity index (χ1v) is 8.18. The van der Waals surface area contributed by atoms with E-state index in [0.29, 0.717) is 0 Å². The first-order chi connectivity index (χ1) is 11.5. The van der Waals surface area contributed by atoms with E-state index in [1.54, 1.807) is 11.3 Å². The van der Waals surface area contributed by atoms with E-state index >= 15 is 0 Å². The number of pyridine rings is 1. The zero-order chi connectivity index (χ0) is 17.3. The van der Waals surface area contributed by atoms with E-state index < -0.39 is 4.92 Å². The molecule has 0 spiro atoms. The molecule has 1 aromatic carbocycles. The molecular formula is C16H16N4O3S. The van der Waals surface area contributed by atoms with Crippen LogP contribution in [0.2, 0.25) is 0 Å². The minimum Gasteiger partial charge on any atom is -0.295 e. The number of benzene rings is 1. The van der Waals surface area contributed by atoms with Crippen molar-refractivity contribution >= 4 is 27.2 Å². The van der Waals surface area contributed by atoms with Crippen molar-refractivity contribution < 1.29 is 4.92 Å². The van der Waals surface area contributed by atoms with Gasteiger partial charge in [-0.15, -0.1) is 11.3 Å². The van der Waals surface area contributed by atoms with Crippen molar-refractivity contribution in [1.82, 2.24) is 14.5 Å². The van der Waals surface area contributed by atoms with E-state index in [1.807, 2.05) is 43.1 Å². The second-order valence-electron chi connectivity index (χ2n) is 5.55. The second-order valence-corrected chi connectivity index (χ2v) is 6.61. The highest BCUT2D eigenvalue weighted by molar-refractivity contribution is 7.18. The number of nitro groups is 1. The normalized spacial score (nSPS) is 12.6. The van der Waals surface area contributed by atoms with E-state index in [2.05, 4.69) is 4.98 Å². The van der Waals surface area contributed by atoms with Gasteiger partial charge >= 0.3 is 0 Å². The summed E-state index contributed by atoms with van der Waals surface area (Å²) in [4.78, 5) is 28.9. The Morgan fingerprint density at radius 1 is 1.33 bits per heavy atom. The lowest BCUT2D eigenvalue weighted by atomic mass is 10.3. The van der Waals surface area contributed by atoms with Crippen LogP contribution in [0.3, 0.4) is 0 Å². The molecule has 0 aliphatic carbocycles. The number of hydrogen-bond donors (Lipinski definition) is 0. The number of fused-ring (bicyclic) bond motifs is 1. The molecule has 24 heavy (non-hydrogen) atoms. The van der Waals surface area contributed by atoms with E-state index in [9.17, 15) is 14.9 Å². The van der Waals surface area contributed by atoms with E-state index in [4.69, 9.17) is 0 Å². The van der Waals surface area contributed by atoms with Gasteiger partial charge < -0.3 is 0 Å². The topological polar surface area (TPSA) is 81.3 Å². The van der Waals surface area contributed by atoms with E-state index in [1.165, 1.54) is 22.9 Å². The number of thiazole rings is 1. The molecule has 7 nitrogen and oxygen atoms in total. The van der Waals surface area contributed by atoms with Gasteiger partial charge in [0.05, 0.1) is 34.0 Å². The average Bonchev–Trinajstić information content (AvgIpc) is 2.99. The van der Waals surface area contributed by atoms with Gasteiger partial charge in [-0.2, -0.15) is 0 Å². The monoisotopic (exact) mass is 344 g/mol. The smallest absolute Gasteiger partial charge is 0.285 e. The van der Waals surface area contributed by atoms with Crippen LogP contribution in [0.5, 0.6) is 0 Å². The predicted octanol–water partition coefficient (Wildman–Crippen LogP) is 3.02. The lowest BCUT2D eigenvalue weighted by molar-refractivity contribution is -0.385. The molecule has 124 valence electrons. The van der Waals surface area contributed by atoms with E-state index in [-0.39, 0.29) is 24.0 Å². The summed E-state index contributed by atoms with van der Waals surface area (Å²) in [5, 5.41) is 11.8. The maximum atomic E-state index is 11.9. The molecule has 0 saturated heterocycles. The maximum Gasteiger partial charge on any atom is 0.285 e. The van der Waals surface area contributed by atoms with Gasteiger partial charge in [0.15, 0.2) is 0 Å². The SMILES string of the molecule is C[C@H](c1nc2ccccc2s1)N(C)Cn1cc([N+](=O)[O-])ccc1=O. The summed E-state index contributed by atoms with van der Waals surface area (Å²) in [6.07, 6.45) is 1.27. The molecule has 0 bridgehead atoms. The third-order valence-electron chi connectivity index (χ3n) is 3.88. The van der Waals surface area contributed by atoms with Gasteiger partial charge in [0, 0.05) is 12.1 Å². The summed E-state index contributed by atoms with van der Waals surface area (Å²) in [7, 11) is 1.86. The lowest BCUT2D eigenvalue weighted by Crippen LogP contribution is -2.31. The van der Waals surface area contributed by atoms with Gasteiger partial charge in [0.25, 0.3) is 11.2 Å². The zero-order valence-corrected chi connectivity index (χ0v) is 14.1. The molecular weight excluding hydrogens is 328 g/mol. The molecule has 0 unspecified atom stereocenters. The summed E-state index contributed by atoms with van der Waals surface area (Å²) < 4.78 is 2.45. The van der Waals surface area contributed by atoms with Crippen molar-refractivity contribution in [3.05, 3.63) is 68.1 Å². The highest BCUT2D eigenvalue weighted by atomic mass is 32.1. The minimum atomic E-state index is -0.507. The van der Waals surface area contributed by atoms with Gasteiger partial charge in [-0.25, -0.2) is 4.98 Å². The maximum absolute atomic E-state index is 11.9. The quantitative estimate of drug-likeness (QED) is 0.525. The van der Waals surface area contributed by atoms with Gasteiger partial charge in [0.1, 0.15) is 5.01 Å². The number of hydrogen-bond acceptors (Lipinski definition) is 6. The third kappa shape index (κ3) is 3.19. The van der Waals surface area contributed by atoms with Crippen LogP contribution in [-0.4, -0.2) is 26.4 Å². The third-order valence-corrected chi connectivity index (χ3v) is 5.09. The Labute approximate surface area is 141 Å². The summed E-state index contributed by atoms with van der Waals surface area (Å²) in [5.74, 6) is 0. The molecule has 0 saturated carbocycles. The molecule has 0 fully saturated rings. The summed E-state index contributed by atoms with van der Waals surface area (Å²) >= 11 is 1.61. The van der Waals surface area contributed by atoms with E-state index in [0.717, 1.165) is 15.2 Å². The molecule has 0 N–H and O–H groups in total. The second kappa shape index (κ2) is 6.50. The Hall–Kier alpha value is -2.58. The van der Waals surface area contributed by atoms with Crippen LogP contribution in [0.4, 0.5) is 5.69 Å². The molecule has 3 aromatic rings. The fourth-order valence-electron chi connectivity index (χ4n) is 2.36. The van der Waals surface area contributed by atoms with Crippen molar-refractivity contribution in [2.24, 2.45) is 0 Å². The van der Waals surface area contributed by atoms with Crippen LogP contribution in [0.1, 0.15) is 18.0 Å². The Morgan fingerprint density at radius 2 is 2.08 bits per heavy atom. The fraction of sp³-hybridized carbons (Fsp3) is 0.250. The molecule has 1 atom stereocenters. The highest BCUT2D eigenvalue weighted by Crippen LogP contribution is 2.28. The first-order valence-electron chi connectivity index (χ1n) is 7.36. The lowest BCUT2D eigenvalue weighted by Gasteiger charge is -2.23. The molecule has 8 heteroatoms. The summed E-state index contributed by atoms with van der Waals surface area (Å²) in [6, 6.07) is 10.3. The molecule has 2 aromatic heterocycles. The minimum absolute atomic E-state index is 0.0198. The van der Waals surface area contributed by atoms with Crippen molar-refractivity contribution in [3.8, 4) is 0 Å². The van der Waals surface area contributed by atoms with Crippen LogP contribution < -0.4 is 5.56 Å². The van der Waals surface area contributed by atoms with Crippen LogP contribution in [0.25, 0.3) is 10.2 Å². The van der Waals surface area contributed by atoms with Gasteiger partial charge in [-0.3, -0.25) is 24.4 Å². The predicted molar refractivity (Wildman–Crippen MR) is 93.2 cm³/mol. The fourth-order valence-corrected chi connectivity index (χ4v) is 3.44. The average molecular weight is 344 g/mol. The molecule has 0 aliphatic heterocycles. The van der Waals surface area contributed by atoms with Crippen LogP contribution in [0.15, 0.2) is 47.4 Å². The van der Waals surface area contributed by atoms with Crippen LogP contribution in [-0.2, 0) is 6.67 Å². The molecule has 0 radical (unpaired) electrons. The Morgan fingerprint density at radius 3 is 2.79 bits per heavy atom. The Bertz CT molecular complexity index is 917. The van der Waals surface area contributed by atoms with Crippen molar-refractivity contribution in [2.45, 2.75) is 19.6 Å². The zero-order valence-electron chi connectivity index (χ0n) is 13.2. The largest absolute Gasteiger partial charge is 0.295 e. The van der Waals surface area contributed by atoms with Crippen LogP contribution >= 0.6 is 11.3 Å². The number of nitrogens with zero attached hydrogens (tertiary/aromatic N) is 4. The highest BCUT2D eigenvalue weighted by Gasteiger charge is 2.17. The Kier molecular flexibility index (Phi) is 4.41. The molecule has 0 amide bonds. The number of para-hydroxylation sites is 1. The summed E-state index contributed by atoms with van der Waals surface area (Å²) in [6.45, 7) is 2.25. The van der Waals surface area contributed by atoms with Crippen molar-refractivity contribution in [1.29, 1.82) is 0 Å². The van der Waals surface area contributed by atoms with Gasteiger partial charge in [0.2, 0.25) is 0 Å². The molecule has 3 rings (SSSR count).